The summed E-state index contributed by atoms with van der Waals surface area (Å²) in [5.41, 5.74) is -1.41. The topological polar surface area (TPSA) is 82.3 Å². The highest BCUT2D eigenvalue weighted by atomic mass is 35.5. The van der Waals surface area contributed by atoms with Gasteiger partial charge in [0.15, 0.2) is 12.0 Å². The molecule has 0 aliphatic heterocycles. The summed E-state index contributed by atoms with van der Waals surface area (Å²) < 4.78 is 52.3. The number of ether oxygens (including phenoxy) is 1. The molecule has 0 amide bonds. The molecule has 18 heavy (non-hydrogen) atoms. The van der Waals surface area contributed by atoms with Crippen molar-refractivity contribution >= 4 is 22.7 Å². The second-order valence-corrected chi connectivity index (χ2v) is 3.06. The maximum Gasteiger partial charge on any atom is 0.573 e. The zero-order valence-corrected chi connectivity index (χ0v) is 8.75. The SMILES string of the molecule is O=C(Cl)c1c(F)cnc([N+](=O)[O-])c1OC(F)(F)F. The molecule has 0 radical (unpaired) electrons. The third kappa shape index (κ3) is 3.03. The van der Waals surface area contributed by atoms with Gasteiger partial charge in [-0.25, -0.2) is 4.39 Å². The molecule has 0 unspecified atom stereocenters. The first-order chi connectivity index (χ1) is 8.13. The van der Waals surface area contributed by atoms with Crippen LogP contribution in [0.5, 0.6) is 5.75 Å². The van der Waals surface area contributed by atoms with Crippen LogP contribution in [-0.2, 0) is 0 Å². The van der Waals surface area contributed by atoms with Crippen molar-refractivity contribution in [2.24, 2.45) is 0 Å². The highest BCUT2D eigenvalue weighted by molar-refractivity contribution is 6.68. The summed E-state index contributed by atoms with van der Waals surface area (Å²) >= 11 is 4.84. The quantitative estimate of drug-likeness (QED) is 0.369. The fourth-order valence-electron chi connectivity index (χ4n) is 0.987. The Balaban J connectivity index is 3.53. The van der Waals surface area contributed by atoms with Gasteiger partial charge in [0.25, 0.3) is 5.24 Å². The Labute approximate surface area is 100 Å². The van der Waals surface area contributed by atoms with Gasteiger partial charge in [-0.1, -0.05) is 0 Å². The minimum atomic E-state index is -5.37. The van der Waals surface area contributed by atoms with Crippen LogP contribution in [0.1, 0.15) is 10.4 Å². The summed E-state index contributed by atoms with van der Waals surface area (Å²) in [6.45, 7) is 0. The third-order valence-corrected chi connectivity index (χ3v) is 1.75. The summed E-state index contributed by atoms with van der Waals surface area (Å²) in [4.78, 5) is 22.6. The van der Waals surface area contributed by atoms with Gasteiger partial charge in [-0.3, -0.25) is 4.79 Å². The number of nitro groups is 1. The summed E-state index contributed by atoms with van der Waals surface area (Å²) in [6, 6.07) is 0. The van der Waals surface area contributed by atoms with E-state index in [1.54, 1.807) is 0 Å². The van der Waals surface area contributed by atoms with E-state index in [0.717, 1.165) is 0 Å². The van der Waals surface area contributed by atoms with E-state index < -0.39 is 39.5 Å². The Morgan fingerprint density at radius 2 is 2.06 bits per heavy atom. The molecular formula is C7HClF4N2O4. The lowest BCUT2D eigenvalue weighted by atomic mass is 10.2. The molecule has 1 aromatic rings. The lowest BCUT2D eigenvalue weighted by Crippen LogP contribution is -2.20. The summed E-state index contributed by atoms with van der Waals surface area (Å²) in [5.74, 6) is -4.73. The van der Waals surface area contributed by atoms with Crippen LogP contribution in [0.3, 0.4) is 0 Å². The van der Waals surface area contributed by atoms with Crippen LogP contribution in [-0.4, -0.2) is 21.5 Å². The van der Waals surface area contributed by atoms with Crippen LogP contribution >= 0.6 is 11.6 Å². The standard InChI is InChI=1S/C7HClF4N2O4/c8-5(15)3-2(9)1-13-6(14(16)17)4(3)18-7(10,11)12/h1H. The van der Waals surface area contributed by atoms with E-state index in [1.807, 2.05) is 0 Å². The molecule has 0 saturated carbocycles. The Hall–Kier alpha value is -1.97. The van der Waals surface area contributed by atoms with Gasteiger partial charge in [0.05, 0.1) is 0 Å². The van der Waals surface area contributed by atoms with Crippen LogP contribution in [0, 0.1) is 15.9 Å². The number of halogens is 5. The van der Waals surface area contributed by atoms with E-state index in [1.165, 1.54) is 0 Å². The van der Waals surface area contributed by atoms with Gasteiger partial charge in [0, 0.05) is 0 Å². The lowest BCUT2D eigenvalue weighted by molar-refractivity contribution is -0.393. The van der Waals surface area contributed by atoms with Crippen LogP contribution in [0.15, 0.2) is 6.20 Å². The zero-order chi connectivity index (χ0) is 14.1. The molecule has 0 saturated heterocycles. The van der Waals surface area contributed by atoms with E-state index in [2.05, 4.69) is 9.72 Å². The zero-order valence-electron chi connectivity index (χ0n) is 7.99. The Morgan fingerprint density at radius 1 is 1.50 bits per heavy atom. The van der Waals surface area contributed by atoms with Crippen molar-refractivity contribution in [1.29, 1.82) is 0 Å². The molecule has 0 aromatic carbocycles. The van der Waals surface area contributed by atoms with Crippen molar-refractivity contribution in [2.45, 2.75) is 6.36 Å². The minimum absolute atomic E-state index is 0.191. The first-order valence-corrected chi connectivity index (χ1v) is 4.29. The second-order valence-electron chi connectivity index (χ2n) is 2.71. The van der Waals surface area contributed by atoms with Crippen molar-refractivity contribution in [3.63, 3.8) is 0 Å². The maximum absolute atomic E-state index is 13.1. The van der Waals surface area contributed by atoms with Crippen LogP contribution in [0.2, 0.25) is 0 Å². The monoisotopic (exact) mass is 288 g/mol. The number of carbonyl (C=O) groups is 1. The average molecular weight is 289 g/mol. The molecule has 0 bridgehead atoms. The number of alkyl halides is 3. The number of carbonyl (C=O) groups excluding carboxylic acids is 1. The highest BCUT2D eigenvalue weighted by Crippen LogP contribution is 2.35. The van der Waals surface area contributed by atoms with Gasteiger partial charge < -0.3 is 14.9 Å². The van der Waals surface area contributed by atoms with Gasteiger partial charge >= 0.3 is 12.2 Å². The number of aromatic nitrogens is 1. The van der Waals surface area contributed by atoms with Gasteiger partial charge in [-0.2, -0.15) is 0 Å². The van der Waals surface area contributed by atoms with E-state index in [0.29, 0.717) is 0 Å². The van der Waals surface area contributed by atoms with Gasteiger partial charge in [-0.15, -0.1) is 13.2 Å². The van der Waals surface area contributed by atoms with E-state index in [-0.39, 0.29) is 6.20 Å². The minimum Gasteiger partial charge on any atom is -0.396 e. The van der Waals surface area contributed by atoms with E-state index >= 15 is 0 Å². The molecule has 11 heteroatoms. The summed E-state index contributed by atoms with van der Waals surface area (Å²) in [5, 5.41) is 8.73. The molecule has 1 heterocycles. The Bertz CT molecular complexity index is 519. The largest absolute Gasteiger partial charge is 0.573 e. The molecule has 0 aliphatic carbocycles. The average Bonchev–Trinajstić information content (AvgIpc) is 2.13. The molecule has 6 nitrogen and oxygen atoms in total. The predicted molar refractivity (Wildman–Crippen MR) is 47.7 cm³/mol. The predicted octanol–water partition coefficient (Wildman–Crippen LogP) is 2.41. The van der Waals surface area contributed by atoms with Crippen molar-refractivity contribution < 1.29 is 32.0 Å². The van der Waals surface area contributed by atoms with Crippen molar-refractivity contribution in [3.8, 4) is 5.75 Å². The maximum atomic E-state index is 13.1. The van der Waals surface area contributed by atoms with Gasteiger partial charge in [-0.05, 0) is 21.5 Å². The smallest absolute Gasteiger partial charge is 0.396 e. The number of pyridine rings is 1. The number of hydrogen-bond donors (Lipinski definition) is 0. The van der Waals surface area contributed by atoms with Crippen LogP contribution in [0.4, 0.5) is 23.4 Å². The first-order valence-electron chi connectivity index (χ1n) is 3.92. The lowest BCUT2D eigenvalue weighted by Gasteiger charge is -2.10. The van der Waals surface area contributed by atoms with Gasteiger partial charge in [0.2, 0.25) is 5.75 Å². The molecule has 1 aromatic heterocycles. The normalized spacial score (nSPS) is 11.2. The van der Waals surface area contributed by atoms with Gasteiger partial charge in [0.1, 0.15) is 5.56 Å². The summed E-state index contributed by atoms with van der Waals surface area (Å²) in [6.07, 6.45) is -5.18. The molecule has 1 rings (SSSR count). The molecule has 0 aliphatic rings. The van der Waals surface area contributed by atoms with Crippen LogP contribution < -0.4 is 4.74 Å². The molecular weight excluding hydrogens is 288 g/mol. The highest BCUT2D eigenvalue weighted by Gasteiger charge is 2.39. The molecule has 0 spiro atoms. The van der Waals surface area contributed by atoms with Crippen molar-refractivity contribution in [3.05, 3.63) is 27.7 Å². The molecule has 98 valence electrons. The molecule has 0 atom stereocenters. The van der Waals surface area contributed by atoms with E-state index in [4.69, 9.17) is 11.6 Å². The Morgan fingerprint density at radius 3 is 2.44 bits per heavy atom. The summed E-state index contributed by atoms with van der Waals surface area (Å²) in [7, 11) is 0. The molecule has 0 N–H and O–H groups in total. The van der Waals surface area contributed by atoms with Crippen LogP contribution in [0.25, 0.3) is 0 Å². The fraction of sp³-hybridized carbons (Fsp3) is 0.143. The molecule has 0 fully saturated rings. The van der Waals surface area contributed by atoms with Crippen molar-refractivity contribution in [2.75, 3.05) is 0 Å². The first kappa shape index (κ1) is 14.1. The van der Waals surface area contributed by atoms with E-state index in [9.17, 15) is 32.5 Å². The fourth-order valence-corrected chi connectivity index (χ4v) is 1.16. The number of rotatable bonds is 3. The Kier molecular flexibility index (Phi) is 3.70. The second kappa shape index (κ2) is 4.72. The number of nitrogens with zero attached hydrogens (tertiary/aromatic N) is 2. The third-order valence-electron chi connectivity index (χ3n) is 1.56. The van der Waals surface area contributed by atoms with Crippen molar-refractivity contribution in [1.82, 2.24) is 4.98 Å². The number of hydrogen-bond acceptors (Lipinski definition) is 5.